The minimum absolute atomic E-state index is 0.248. The Balaban J connectivity index is 2.93. The monoisotopic (exact) mass is 182 g/mol. The first-order valence-corrected chi connectivity index (χ1v) is 4.51. The van der Waals surface area contributed by atoms with Gasteiger partial charge in [0, 0.05) is 12.3 Å². The van der Waals surface area contributed by atoms with E-state index >= 15 is 0 Å². The second-order valence-electron chi connectivity index (χ2n) is 2.15. The van der Waals surface area contributed by atoms with Crippen LogP contribution in [0.3, 0.4) is 0 Å². The molecule has 0 aromatic carbocycles. The molecule has 0 saturated carbocycles. The fourth-order valence-electron chi connectivity index (χ4n) is 0.975. The van der Waals surface area contributed by atoms with Gasteiger partial charge in [-0.05, 0) is 6.26 Å². The first kappa shape index (κ1) is 7.35. The predicted octanol–water partition coefficient (Wildman–Crippen LogP) is 0.139. The molecule has 12 heavy (non-hydrogen) atoms. The molecular weight excluding hydrogens is 176 g/mol. The maximum Gasteiger partial charge on any atom is 0.349 e. The lowest BCUT2D eigenvalue weighted by atomic mass is 10.6. The molecule has 0 aliphatic carbocycles. The maximum absolute atomic E-state index is 11.1. The zero-order chi connectivity index (χ0) is 8.55. The lowest BCUT2D eigenvalue weighted by molar-refractivity contribution is 0.865. The van der Waals surface area contributed by atoms with E-state index in [0.29, 0.717) is 10.8 Å². The van der Waals surface area contributed by atoms with E-state index in [4.69, 9.17) is 0 Å². The van der Waals surface area contributed by atoms with Crippen LogP contribution < -0.4 is 5.69 Å². The average molecular weight is 182 g/mol. The van der Waals surface area contributed by atoms with Crippen molar-refractivity contribution in [3.8, 4) is 0 Å². The highest BCUT2D eigenvalue weighted by molar-refractivity contribution is 7.98. The molecule has 1 N–H and O–H groups in total. The van der Waals surface area contributed by atoms with Crippen LogP contribution in [0.25, 0.3) is 5.65 Å². The summed E-state index contributed by atoms with van der Waals surface area (Å²) in [6.07, 6.45) is 3.49. The molecule has 2 heterocycles. The van der Waals surface area contributed by atoms with Crippen LogP contribution in [-0.4, -0.2) is 25.8 Å². The van der Waals surface area contributed by atoms with Crippen LogP contribution in [0.5, 0.6) is 0 Å². The molecule has 0 amide bonds. The van der Waals surface area contributed by atoms with Gasteiger partial charge in [0.1, 0.15) is 0 Å². The van der Waals surface area contributed by atoms with E-state index in [1.54, 1.807) is 12.3 Å². The van der Waals surface area contributed by atoms with Gasteiger partial charge in [0.2, 0.25) is 0 Å². The molecule has 0 spiro atoms. The number of nitrogens with one attached hydrogen (secondary N) is 1. The molecule has 5 nitrogen and oxygen atoms in total. The van der Waals surface area contributed by atoms with E-state index in [2.05, 4.69) is 15.2 Å². The molecular formula is C6H6N4OS. The number of hydrogen-bond donors (Lipinski definition) is 1. The molecule has 0 unspecified atom stereocenters. The van der Waals surface area contributed by atoms with Gasteiger partial charge in [0.25, 0.3) is 0 Å². The number of aromatic amines is 1. The summed E-state index contributed by atoms with van der Waals surface area (Å²) in [5.74, 6) is 0. The quantitative estimate of drug-likeness (QED) is 0.503. The average Bonchev–Trinajstić information content (AvgIpc) is 2.48. The zero-order valence-corrected chi connectivity index (χ0v) is 7.13. The number of nitrogens with zero attached hydrogens (tertiary/aromatic N) is 3. The Labute approximate surface area is 71.8 Å². The van der Waals surface area contributed by atoms with E-state index in [1.807, 2.05) is 6.26 Å². The highest BCUT2D eigenvalue weighted by Gasteiger charge is 2.03. The topological polar surface area (TPSA) is 63.0 Å². The Morgan fingerprint density at radius 1 is 1.67 bits per heavy atom. The molecule has 6 heteroatoms. The highest BCUT2D eigenvalue weighted by Crippen LogP contribution is 2.09. The Hall–Kier alpha value is -1.30. The smallest absolute Gasteiger partial charge is 0.246 e. The van der Waals surface area contributed by atoms with Gasteiger partial charge < -0.3 is 0 Å². The van der Waals surface area contributed by atoms with Crippen LogP contribution in [0.4, 0.5) is 0 Å². The van der Waals surface area contributed by atoms with Crippen LogP contribution >= 0.6 is 11.8 Å². The van der Waals surface area contributed by atoms with Crippen molar-refractivity contribution in [3.05, 3.63) is 22.7 Å². The summed E-state index contributed by atoms with van der Waals surface area (Å²) in [7, 11) is 0. The van der Waals surface area contributed by atoms with Crippen molar-refractivity contribution in [3.63, 3.8) is 0 Å². The van der Waals surface area contributed by atoms with Gasteiger partial charge in [-0.2, -0.15) is 5.10 Å². The van der Waals surface area contributed by atoms with Crippen LogP contribution in [0.1, 0.15) is 0 Å². The third-order valence-electron chi connectivity index (χ3n) is 1.48. The van der Waals surface area contributed by atoms with E-state index < -0.39 is 0 Å². The minimum Gasteiger partial charge on any atom is -0.246 e. The summed E-state index contributed by atoms with van der Waals surface area (Å²) in [6, 6.07) is 1.68. The second-order valence-corrected chi connectivity index (χ2v) is 2.93. The van der Waals surface area contributed by atoms with E-state index in [0.717, 1.165) is 0 Å². The van der Waals surface area contributed by atoms with Gasteiger partial charge in [-0.1, -0.05) is 11.8 Å². The molecule has 0 bridgehead atoms. The summed E-state index contributed by atoms with van der Waals surface area (Å²) in [6.45, 7) is 0. The van der Waals surface area contributed by atoms with Crippen LogP contribution in [0.15, 0.2) is 22.2 Å². The molecule has 0 radical (unpaired) electrons. The molecule has 0 aliphatic rings. The van der Waals surface area contributed by atoms with Crippen LogP contribution in [0, 0.1) is 0 Å². The molecule has 2 aromatic rings. The van der Waals surface area contributed by atoms with E-state index in [9.17, 15) is 4.79 Å². The first-order chi connectivity index (χ1) is 5.83. The fraction of sp³-hybridized carbons (Fsp3) is 0.167. The Morgan fingerprint density at radius 3 is 3.25 bits per heavy atom. The standard InChI is InChI=1S/C6H6N4OS/c1-12-6-7-3-2-4-8-9-5(11)10(4)6/h2-3H,1H3,(H,9,11). The third kappa shape index (κ3) is 0.918. The number of H-pyrrole nitrogens is 1. The van der Waals surface area contributed by atoms with Crippen molar-refractivity contribution in [2.45, 2.75) is 5.16 Å². The molecule has 0 atom stereocenters. The number of aromatic nitrogens is 4. The molecule has 62 valence electrons. The van der Waals surface area contributed by atoms with Gasteiger partial charge in [0.05, 0.1) is 0 Å². The van der Waals surface area contributed by atoms with E-state index in [-0.39, 0.29) is 5.69 Å². The summed E-state index contributed by atoms with van der Waals surface area (Å²) in [4.78, 5) is 15.2. The fourth-order valence-corrected chi connectivity index (χ4v) is 1.50. The normalized spacial score (nSPS) is 10.8. The van der Waals surface area contributed by atoms with Crippen molar-refractivity contribution >= 4 is 17.4 Å². The molecule has 0 aliphatic heterocycles. The minimum atomic E-state index is -0.248. The first-order valence-electron chi connectivity index (χ1n) is 3.29. The Kier molecular flexibility index (Phi) is 1.61. The largest absolute Gasteiger partial charge is 0.349 e. The third-order valence-corrected chi connectivity index (χ3v) is 2.13. The molecule has 0 fully saturated rings. The van der Waals surface area contributed by atoms with Crippen molar-refractivity contribution in [1.82, 2.24) is 19.6 Å². The molecule has 2 aromatic heterocycles. The van der Waals surface area contributed by atoms with Gasteiger partial charge >= 0.3 is 5.69 Å². The predicted molar refractivity (Wildman–Crippen MR) is 45.4 cm³/mol. The number of fused-ring (bicyclic) bond motifs is 1. The van der Waals surface area contributed by atoms with Gasteiger partial charge in [-0.3, -0.25) is 0 Å². The van der Waals surface area contributed by atoms with Crippen LogP contribution in [0.2, 0.25) is 0 Å². The van der Waals surface area contributed by atoms with Crippen molar-refractivity contribution in [2.24, 2.45) is 0 Å². The van der Waals surface area contributed by atoms with Gasteiger partial charge in [-0.15, -0.1) is 0 Å². The summed E-state index contributed by atoms with van der Waals surface area (Å²) in [5, 5.41) is 6.80. The summed E-state index contributed by atoms with van der Waals surface area (Å²) < 4.78 is 1.44. The Morgan fingerprint density at radius 2 is 2.50 bits per heavy atom. The maximum atomic E-state index is 11.1. The van der Waals surface area contributed by atoms with Crippen molar-refractivity contribution in [1.29, 1.82) is 0 Å². The highest BCUT2D eigenvalue weighted by atomic mass is 32.2. The zero-order valence-electron chi connectivity index (χ0n) is 6.31. The Bertz CT molecular complexity index is 460. The lowest BCUT2D eigenvalue weighted by Gasteiger charge is -1.95. The SMILES string of the molecule is CSc1nccc2n[nH]c(=O)n12. The van der Waals surface area contributed by atoms with Crippen molar-refractivity contribution in [2.75, 3.05) is 6.26 Å². The molecule has 0 saturated heterocycles. The number of hydrogen-bond acceptors (Lipinski definition) is 4. The van der Waals surface area contributed by atoms with E-state index in [1.165, 1.54) is 16.2 Å². The van der Waals surface area contributed by atoms with Crippen LogP contribution in [-0.2, 0) is 0 Å². The lowest BCUT2D eigenvalue weighted by Crippen LogP contribution is -2.11. The number of thioether (sulfide) groups is 1. The summed E-state index contributed by atoms with van der Waals surface area (Å²) in [5.41, 5.74) is 0.349. The second kappa shape index (κ2) is 2.63. The van der Waals surface area contributed by atoms with Gasteiger partial charge in [0.15, 0.2) is 10.8 Å². The van der Waals surface area contributed by atoms with Gasteiger partial charge in [-0.25, -0.2) is 19.3 Å². The molecule has 2 rings (SSSR count). The summed E-state index contributed by atoms with van der Waals surface area (Å²) >= 11 is 1.41. The number of rotatable bonds is 1. The van der Waals surface area contributed by atoms with Crippen molar-refractivity contribution < 1.29 is 0 Å².